The summed E-state index contributed by atoms with van der Waals surface area (Å²) in [6.07, 6.45) is 0.0325. The minimum atomic E-state index is -1.72. The Balaban J connectivity index is 2.05. The van der Waals surface area contributed by atoms with Gasteiger partial charge in [0, 0.05) is 38.6 Å². The van der Waals surface area contributed by atoms with Crippen molar-refractivity contribution in [1.29, 1.82) is 0 Å². The molecule has 1 heterocycles. The number of rotatable bonds is 6. The van der Waals surface area contributed by atoms with Crippen molar-refractivity contribution in [2.75, 3.05) is 19.7 Å². The zero-order valence-corrected chi connectivity index (χ0v) is 17.6. The molecule has 1 aromatic rings. The van der Waals surface area contributed by atoms with Gasteiger partial charge in [0.2, 0.25) is 0 Å². The Morgan fingerprint density at radius 3 is 2.27 bits per heavy atom. The molecule has 7 nitrogen and oxygen atoms in total. The highest BCUT2D eigenvalue weighted by Gasteiger charge is 2.42. The molecule has 0 unspecified atom stereocenters. The van der Waals surface area contributed by atoms with Crippen LogP contribution in [0.1, 0.15) is 58.1 Å². The molecule has 1 aliphatic heterocycles. The van der Waals surface area contributed by atoms with Crippen molar-refractivity contribution in [1.82, 2.24) is 10.2 Å². The van der Waals surface area contributed by atoms with E-state index >= 15 is 0 Å². The van der Waals surface area contributed by atoms with E-state index in [1.165, 1.54) is 4.90 Å². The number of nitrogens with zero attached hydrogens (tertiary/aromatic N) is 1. The minimum absolute atomic E-state index is 0.00229. The van der Waals surface area contributed by atoms with Gasteiger partial charge in [-0.3, -0.25) is 4.79 Å². The van der Waals surface area contributed by atoms with Crippen molar-refractivity contribution in [3.63, 3.8) is 0 Å². The summed E-state index contributed by atoms with van der Waals surface area (Å²) in [4.78, 5) is 26.4. The highest BCUT2D eigenvalue weighted by atomic mass is 19.1. The van der Waals surface area contributed by atoms with E-state index in [1.54, 1.807) is 20.8 Å². The van der Waals surface area contributed by atoms with Gasteiger partial charge in [0.15, 0.2) is 0 Å². The Kier molecular flexibility index (Phi) is 7.76. The van der Waals surface area contributed by atoms with Crippen molar-refractivity contribution >= 4 is 12.0 Å². The van der Waals surface area contributed by atoms with Crippen LogP contribution in [0.2, 0.25) is 0 Å². The number of nitrogens with one attached hydrogen (secondary N) is 1. The van der Waals surface area contributed by atoms with Crippen molar-refractivity contribution < 1.29 is 33.3 Å². The van der Waals surface area contributed by atoms with E-state index in [2.05, 4.69) is 5.32 Å². The van der Waals surface area contributed by atoms with Gasteiger partial charge in [-0.1, -0.05) is 0 Å². The number of halogens is 2. The van der Waals surface area contributed by atoms with E-state index in [9.17, 15) is 23.5 Å². The highest BCUT2D eigenvalue weighted by molar-refractivity contribution is 5.85. The molecule has 0 spiro atoms. The van der Waals surface area contributed by atoms with Crippen molar-refractivity contribution in [2.45, 2.75) is 63.7 Å². The van der Waals surface area contributed by atoms with Gasteiger partial charge >= 0.3 is 6.09 Å². The van der Waals surface area contributed by atoms with Crippen LogP contribution in [-0.4, -0.2) is 58.0 Å². The molecule has 30 heavy (non-hydrogen) atoms. The Morgan fingerprint density at radius 1 is 1.20 bits per heavy atom. The van der Waals surface area contributed by atoms with Crippen molar-refractivity contribution in [2.24, 2.45) is 0 Å². The number of piperidine rings is 1. The molecule has 0 aliphatic carbocycles. The monoisotopic (exact) mass is 428 g/mol. The Morgan fingerprint density at radius 2 is 1.77 bits per heavy atom. The first kappa shape index (κ1) is 24.0. The number of carbonyl (C=O) groups is 2. The lowest BCUT2D eigenvalue weighted by Gasteiger charge is -2.38. The fourth-order valence-corrected chi connectivity index (χ4v) is 3.30. The number of carbonyl (C=O) groups excluding carboxylic acids is 2. The van der Waals surface area contributed by atoms with Gasteiger partial charge < -0.3 is 25.2 Å². The Bertz CT molecular complexity index is 738. The lowest BCUT2D eigenvalue weighted by Crippen LogP contribution is -2.55. The predicted molar refractivity (Wildman–Crippen MR) is 106 cm³/mol. The lowest BCUT2D eigenvalue weighted by atomic mass is 9.89. The normalized spacial score (nSPS) is 17.4. The molecule has 1 saturated heterocycles. The molecule has 0 aromatic heterocycles. The van der Waals surface area contributed by atoms with E-state index in [0.717, 1.165) is 18.2 Å². The first-order valence-electron chi connectivity index (χ1n) is 10.0. The second-order valence-corrected chi connectivity index (χ2v) is 8.59. The largest absolute Gasteiger partial charge is 0.444 e. The quantitative estimate of drug-likeness (QED) is 0.647. The molecule has 3 N–H and O–H groups in total. The zero-order chi connectivity index (χ0) is 22.5. The molecule has 1 aliphatic rings. The number of amides is 2. The van der Waals surface area contributed by atoms with Gasteiger partial charge in [-0.2, -0.15) is 0 Å². The molecule has 0 saturated carbocycles. The van der Waals surface area contributed by atoms with Crippen LogP contribution in [0.3, 0.4) is 0 Å². The van der Waals surface area contributed by atoms with Crippen LogP contribution in [0.4, 0.5) is 13.6 Å². The number of benzene rings is 1. The second-order valence-electron chi connectivity index (χ2n) is 8.59. The molecule has 9 heteroatoms. The van der Waals surface area contributed by atoms with E-state index in [0.29, 0.717) is 6.42 Å². The predicted octanol–water partition coefficient (Wildman–Crippen LogP) is 2.66. The summed E-state index contributed by atoms with van der Waals surface area (Å²) in [6, 6.07) is 2.18. The van der Waals surface area contributed by atoms with Crippen molar-refractivity contribution in [3.05, 3.63) is 35.4 Å². The number of aliphatic hydroxyl groups excluding tert-OH is 1. The van der Waals surface area contributed by atoms with Crippen LogP contribution in [0, 0.1) is 11.6 Å². The first-order valence-corrected chi connectivity index (χ1v) is 10.0. The first-order chi connectivity index (χ1) is 13.9. The third-order valence-corrected chi connectivity index (χ3v) is 4.91. The molecule has 0 bridgehead atoms. The van der Waals surface area contributed by atoms with Crippen LogP contribution >= 0.6 is 0 Å². The summed E-state index contributed by atoms with van der Waals surface area (Å²) in [7, 11) is 0. The molecular weight excluding hydrogens is 398 g/mol. The third-order valence-electron chi connectivity index (χ3n) is 4.91. The maximum absolute atomic E-state index is 13.6. The summed E-state index contributed by atoms with van der Waals surface area (Å²) >= 11 is 0. The topological polar surface area (TPSA) is 99.1 Å². The molecule has 2 rings (SSSR count). The van der Waals surface area contributed by atoms with Crippen LogP contribution < -0.4 is 5.32 Å². The zero-order valence-electron chi connectivity index (χ0n) is 17.6. The number of hydrogen-bond acceptors (Lipinski definition) is 5. The number of ether oxygens (including phenoxy) is 1. The summed E-state index contributed by atoms with van der Waals surface area (Å²) in [6.45, 7) is 5.37. The van der Waals surface area contributed by atoms with Gasteiger partial charge in [0.05, 0.1) is 6.04 Å². The maximum atomic E-state index is 13.6. The molecule has 168 valence electrons. The van der Waals surface area contributed by atoms with Crippen LogP contribution in [0.25, 0.3) is 0 Å². The Hall–Kier alpha value is -2.26. The van der Waals surface area contributed by atoms with Gasteiger partial charge in [0.25, 0.3) is 5.91 Å². The Labute approximate surface area is 175 Å². The van der Waals surface area contributed by atoms with Gasteiger partial charge in [0.1, 0.15) is 22.8 Å². The maximum Gasteiger partial charge on any atom is 0.410 e. The fraction of sp³-hybridized carbons (Fsp3) is 0.619. The van der Waals surface area contributed by atoms with Gasteiger partial charge in [-0.15, -0.1) is 0 Å². The second kappa shape index (κ2) is 9.70. The molecule has 1 aromatic carbocycles. The molecule has 1 fully saturated rings. The summed E-state index contributed by atoms with van der Waals surface area (Å²) in [5, 5.41) is 22.6. The summed E-state index contributed by atoms with van der Waals surface area (Å²) in [5.74, 6) is -2.24. The smallest absolute Gasteiger partial charge is 0.410 e. The van der Waals surface area contributed by atoms with Crippen LogP contribution in [0.15, 0.2) is 18.2 Å². The summed E-state index contributed by atoms with van der Waals surface area (Å²) in [5.41, 5.74) is -2.16. The van der Waals surface area contributed by atoms with Crippen molar-refractivity contribution in [3.8, 4) is 0 Å². The SMILES string of the molecule is CC(C)(C)OC(=O)N1CCC(O)(C(=O)N[C@@H](CCCO)c2cc(F)cc(F)c2)CC1. The van der Waals surface area contributed by atoms with E-state index in [-0.39, 0.29) is 44.5 Å². The number of aliphatic hydroxyl groups is 2. The lowest BCUT2D eigenvalue weighted by molar-refractivity contribution is -0.145. The van der Waals surface area contributed by atoms with Crippen LogP contribution in [0.5, 0.6) is 0 Å². The van der Waals surface area contributed by atoms with E-state index in [4.69, 9.17) is 9.84 Å². The molecular formula is C21H30F2N2O5. The summed E-state index contributed by atoms with van der Waals surface area (Å²) < 4.78 is 32.5. The average Bonchev–Trinajstić information content (AvgIpc) is 2.63. The van der Waals surface area contributed by atoms with Crippen LogP contribution in [-0.2, 0) is 9.53 Å². The van der Waals surface area contributed by atoms with E-state index < -0.39 is 40.9 Å². The number of hydrogen-bond donors (Lipinski definition) is 3. The highest BCUT2D eigenvalue weighted by Crippen LogP contribution is 2.27. The number of likely N-dealkylation sites (tertiary alicyclic amines) is 1. The fourth-order valence-electron chi connectivity index (χ4n) is 3.30. The standard InChI is InChI=1S/C21H30F2N2O5/c1-20(2,3)30-19(28)25-8-6-21(29,7-9-25)18(27)24-17(5-4-10-26)14-11-15(22)13-16(23)12-14/h11-13,17,26,29H,4-10H2,1-3H3,(H,24,27)/t17-/m0/s1. The minimum Gasteiger partial charge on any atom is -0.444 e. The average molecular weight is 428 g/mol. The third kappa shape index (κ3) is 6.63. The van der Waals surface area contributed by atoms with Gasteiger partial charge in [-0.05, 0) is 51.3 Å². The van der Waals surface area contributed by atoms with E-state index in [1.807, 2.05) is 0 Å². The molecule has 1 atom stereocenters. The van der Waals surface area contributed by atoms with Gasteiger partial charge in [-0.25, -0.2) is 13.6 Å². The molecule has 2 amide bonds. The molecule has 0 radical (unpaired) electrons.